The monoisotopic (exact) mass is 338 g/mol. The molecule has 22 heavy (non-hydrogen) atoms. The Kier molecular flexibility index (Phi) is 4.25. The highest BCUT2D eigenvalue weighted by Gasteiger charge is 2.57. The molecule has 0 saturated carbocycles. The normalized spacial score (nSPS) is 32.3. The first-order chi connectivity index (χ1) is 10.1. The summed E-state index contributed by atoms with van der Waals surface area (Å²) in [4.78, 5) is 24.8. The van der Waals surface area contributed by atoms with Crippen molar-refractivity contribution < 1.29 is 33.0 Å². The zero-order valence-corrected chi connectivity index (χ0v) is 11.8. The minimum atomic E-state index is -4.76. The first-order valence-electron chi connectivity index (χ1n) is 6.03. The summed E-state index contributed by atoms with van der Waals surface area (Å²) < 4.78 is 37.2. The van der Waals surface area contributed by atoms with Crippen molar-refractivity contribution in [1.82, 2.24) is 9.55 Å². The van der Waals surface area contributed by atoms with Gasteiger partial charge in [0.05, 0.1) is 6.61 Å². The Labute approximate surface area is 123 Å². The number of rotatable bonds is 4. The lowest BCUT2D eigenvalue weighted by molar-refractivity contribution is -0.135. The van der Waals surface area contributed by atoms with Crippen LogP contribution >= 0.6 is 0 Å². The maximum Gasteiger partial charge on any atom is 0.330 e. The van der Waals surface area contributed by atoms with E-state index in [4.69, 9.17) is 14.4 Å². The summed E-state index contributed by atoms with van der Waals surface area (Å²) in [6, 6.07) is 0.863. The van der Waals surface area contributed by atoms with Crippen LogP contribution in [0.1, 0.15) is 0 Å². The molecule has 1 saturated heterocycles. The lowest BCUT2D eigenvalue weighted by Crippen LogP contribution is -2.55. The maximum atomic E-state index is 11.9. The van der Waals surface area contributed by atoms with Crippen molar-refractivity contribution in [3.8, 4) is 0 Å². The summed E-state index contributed by atoms with van der Waals surface area (Å²) in [7, 11) is -4.76. The Morgan fingerprint density at radius 1 is 1.36 bits per heavy atom. The average molecular weight is 338 g/mol. The summed E-state index contributed by atoms with van der Waals surface area (Å²) in [5.41, 5.74) is -4.31. The van der Waals surface area contributed by atoms with Crippen LogP contribution in [0.15, 0.2) is 21.9 Å². The Bertz CT molecular complexity index is 769. The Hall–Kier alpha value is -1.57. The first kappa shape index (κ1) is 16.8. The molecule has 124 valence electrons. The molecule has 1 aliphatic heterocycles. The van der Waals surface area contributed by atoms with Gasteiger partial charge in [-0.1, -0.05) is 0 Å². The van der Waals surface area contributed by atoms with Crippen LogP contribution in [0, 0.1) is 0 Å². The minimum absolute atomic E-state index is 0.533. The summed E-state index contributed by atoms with van der Waals surface area (Å²) >= 11 is 0. The fraction of sp³-hybridized carbons (Fsp3) is 0.600. The summed E-state index contributed by atoms with van der Waals surface area (Å²) in [5.74, 6) is -1.28. The van der Waals surface area contributed by atoms with Crippen LogP contribution in [0.4, 0.5) is 0 Å². The van der Waals surface area contributed by atoms with Gasteiger partial charge < -0.3 is 20.1 Å². The van der Waals surface area contributed by atoms with E-state index in [1.807, 2.05) is 4.98 Å². The molecule has 2 rings (SSSR count). The molecule has 12 heteroatoms. The molecule has 2 heterocycles. The van der Waals surface area contributed by atoms with Crippen molar-refractivity contribution in [2.24, 2.45) is 0 Å². The van der Waals surface area contributed by atoms with E-state index < -0.39 is 57.8 Å². The highest BCUT2D eigenvalue weighted by atomic mass is 32.2. The van der Waals surface area contributed by atoms with Crippen LogP contribution < -0.4 is 11.2 Å². The zero-order valence-electron chi connectivity index (χ0n) is 11.0. The van der Waals surface area contributed by atoms with Gasteiger partial charge in [-0.25, -0.2) is 4.79 Å². The lowest BCUT2D eigenvalue weighted by Gasteiger charge is -2.32. The van der Waals surface area contributed by atoms with E-state index in [2.05, 4.69) is 0 Å². The number of hydrogen-bond acceptors (Lipinski definition) is 8. The van der Waals surface area contributed by atoms with Crippen LogP contribution in [0.3, 0.4) is 0 Å². The van der Waals surface area contributed by atoms with E-state index in [-0.39, 0.29) is 0 Å². The lowest BCUT2D eigenvalue weighted by atomic mass is 10.0. The van der Waals surface area contributed by atoms with Gasteiger partial charge in [-0.2, -0.15) is 8.42 Å². The molecule has 11 nitrogen and oxygen atoms in total. The molecule has 0 aliphatic carbocycles. The Balaban J connectivity index is 2.67. The molecule has 0 aromatic carbocycles. The molecule has 0 unspecified atom stereocenters. The van der Waals surface area contributed by atoms with Gasteiger partial charge in [0, 0.05) is 12.3 Å². The second kappa shape index (κ2) is 5.57. The largest absolute Gasteiger partial charge is 0.394 e. The molecule has 1 aromatic heterocycles. The van der Waals surface area contributed by atoms with Gasteiger partial charge in [0.15, 0.2) is 5.72 Å². The van der Waals surface area contributed by atoms with Gasteiger partial charge in [-0.05, 0) is 0 Å². The molecule has 0 bridgehead atoms. The number of ether oxygens (including phenoxy) is 1. The molecule has 0 radical (unpaired) electrons. The zero-order chi connectivity index (χ0) is 16.7. The van der Waals surface area contributed by atoms with E-state index in [9.17, 15) is 28.2 Å². The van der Waals surface area contributed by atoms with Crippen LogP contribution in [0.25, 0.3) is 0 Å². The Morgan fingerprint density at radius 3 is 2.45 bits per heavy atom. The smallest absolute Gasteiger partial charge is 0.330 e. The molecule has 1 aliphatic rings. The van der Waals surface area contributed by atoms with Gasteiger partial charge in [0.25, 0.3) is 15.7 Å². The van der Waals surface area contributed by atoms with Crippen LogP contribution in [-0.4, -0.2) is 68.5 Å². The predicted octanol–water partition coefficient (Wildman–Crippen LogP) is -3.81. The van der Waals surface area contributed by atoms with Gasteiger partial charge in [-0.15, -0.1) is 0 Å². The number of nitrogens with zero attached hydrogens (tertiary/aromatic N) is 1. The Morgan fingerprint density at radius 2 is 2.00 bits per heavy atom. The third-order valence-corrected chi connectivity index (χ3v) is 4.10. The number of aromatic nitrogens is 2. The number of nitrogens with one attached hydrogen (secondary N) is 1. The third kappa shape index (κ3) is 2.84. The SMILES string of the molecule is O=c1ccn([C@]2(CS(=O)(=O)O)O[C@H](CO)[C@@H](O)[C@H]2O)c(=O)[nH]1. The van der Waals surface area contributed by atoms with E-state index in [1.54, 1.807) is 0 Å². The molecule has 1 aromatic rings. The number of aromatic amines is 1. The van der Waals surface area contributed by atoms with Crippen LogP contribution in [0.5, 0.6) is 0 Å². The molecule has 1 fully saturated rings. The van der Waals surface area contributed by atoms with Gasteiger partial charge in [-0.3, -0.25) is 18.9 Å². The van der Waals surface area contributed by atoms with Crippen molar-refractivity contribution >= 4 is 10.1 Å². The van der Waals surface area contributed by atoms with E-state index in [0.717, 1.165) is 12.3 Å². The number of hydrogen-bond donors (Lipinski definition) is 5. The molecule has 0 spiro atoms. The number of aliphatic hydroxyl groups is 3. The number of H-pyrrole nitrogens is 1. The average Bonchev–Trinajstić information content (AvgIpc) is 2.62. The van der Waals surface area contributed by atoms with E-state index >= 15 is 0 Å². The standard InChI is InChI=1S/C10H14N2O9S/c13-3-5-7(15)8(16)10(21-5,4-22(18,19)20)12-2-1-6(14)11-9(12)17/h1-2,5,7-8,13,15-16H,3-4H2,(H,11,14,17)(H,18,19,20)/t5-,7-,8-,10-/m1/s1. The highest BCUT2D eigenvalue weighted by Crippen LogP contribution is 2.35. The van der Waals surface area contributed by atoms with Gasteiger partial charge >= 0.3 is 5.69 Å². The fourth-order valence-corrected chi connectivity index (χ4v) is 3.28. The van der Waals surface area contributed by atoms with Crippen molar-refractivity contribution in [3.63, 3.8) is 0 Å². The molecule has 4 atom stereocenters. The first-order valence-corrected chi connectivity index (χ1v) is 7.64. The van der Waals surface area contributed by atoms with E-state index in [0.29, 0.717) is 4.57 Å². The van der Waals surface area contributed by atoms with Crippen molar-refractivity contribution in [2.75, 3.05) is 12.4 Å². The fourth-order valence-electron chi connectivity index (χ4n) is 2.38. The molecular formula is C10H14N2O9S. The van der Waals surface area contributed by atoms with Crippen molar-refractivity contribution in [1.29, 1.82) is 0 Å². The number of aliphatic hydroxyl groups excluding tert-OH is 3. The minimum Gasteiger partial charge on any atom is -0.394 e. The summed E-state index contributed by atoms with van der Waals surface area (Å²) in [5, 5.41) is 29.0. The topological polar surface area (TPSA) is 179 Å². The third-order valence-electron chi connectivity index (χ3n) is 3.32. The molecular weight excluding hydrogens is 324 g/mol. The highest BCUT2D eigenvalue weighted by molar-refractivity contribution is 7.85. The second-order valence-corrected chi connectivity index (χ2v) is 6.28. The maximum absolute atomic E-state index is 11.9. The van der Waals surface area contributed by atoms with E-state index in [1.165, 1.54) is 0 Å². The second-order valence-electron chi connectivity index (χ2n) is 4.83. The van der Waals surface area contributed by atoms with Crippen molar-refractivity contribution in [3.05, 3.63) is 33.1 Å². The molecule has 0 amide bonds. The molecule has 5 N–H and O–H groups in total. The van der Waals surface area contributed by atoms with Gasteiger partial charge in [0.1, 0.15) is 24.1 Å². The quantitative estimate of drug-likeness (QED) is 0.344. The van der Waals surface area contributed by atoms with Gasteiger partial charge in [0.2, 0.25) is 0 Å². The van der Waals surface area contributed by atoms with Crippen LogP contribution in [-0.2, 0) is 20.6 Å². The summed E-state index contributed by atoms with van der Waals surface area (Å²) in [6.07, 6.45) is -4.22. The van der Waals surface area contributed by atoms with Crippen LogP contribution in [0.2, 0.25) is 0 Å². The predicted molar refractivity (Wildman–Crippen MR) is 69.7 cm³/mol. The summed E-state index contributed by atoms with van der Waals surface area (Å²) in [6.45, 7) is -0.774. The van der Waals surface area contributed by atoms with Crippen molar-refractivity contribution in [2.45, 2.75) is 24.0 Å².